The van der Waals surface area contributed by atoms with E-state index >= 15 is 0 Å². The van der Waals surface area contributed by atoms with Crippen molar-refractivity contribution in [3.63, 3.8) is 0 Å². The Balaban J connectivity index is 2.45. The smallest absolute Gasteiger partial charge is 0.0917 e. The minimum Gasteiger partial charge on any atom is -0.393 e. The number of aliphatic hydroxyl groups is 2. The van der Waals surface area contributed by atoms with Gasteiger partial charge in [-0.3, -0.25) is 0 Å². The standard InChI is InChI=1S/C8H11O2/c1-8(10,6-9)7-4-2-3-5-7/h2-5,9-10H,6H2,1H3/t8-/m0/s1. The molecule has 0 unspecified atom stereocenters. The predicted molar refractivity (Wildman–Crippen MR) is 38.2 cm³/mol. The third-order valence-corrected chi connectivity index (χ3v) is 1.59. The van der Waals surface area contributed by atoms with Gasteiger partial charge >= 0.3 is 0 Å². The van der Waals surface area contributed by atoms with E-state index in [-0.39, 0.29) is 6.61 Å². The van der Waals surface area contributed by atoms with Crippen LogP contribution in [-0.2, 0) is 0 Å². The number of hydrogen-bond acceptors (Lipinski definition) is 2. The summed E-state index contributed by atoms with van der Waals surface area (Å²) in [6, 6.07) is 0. The van der Waals surface area contributed by atoms with Crippen molar-refractivity contribution < 1.29 is 10.2 Å². The predicted octanol–water partition coefficient (Wildman–Crippen LogP) is 0.135. The molecule has 0 saturated heterocycles. The Morgan fingerprint density at radius 3 is 2.30 bits per heavy atom. The average molecular weight is 139 g/mol. The summed E-state index contributed by atoms with van der Waals surface area (Å²) in [5.41, 5.74) is -1.08. The highest BCUT2D eigenvalue weighted by Gasteiger charge is 2.34. The Bertz CT molecular complexity index is 104. The molecule has 2 heteroatoms. The summed E-state index contributed by atoms with van der Waals surface area (Å²) in [6.07, 6.45) is 7.24. The first-order valence-electron chi connectivity index (χ1n) is 3.22. The van der Waals surface area contributed by atoms with Gasteiger partial charge in [-0.15, -0.1) is 0 Å². The molecular weight excluding hydrogens is 128 g/mol. The van der Waals surface area contributed by atoms with Gasteiger partial charge in [0.2, 0.25) is 0 Å². The summed E-state index contributed by atoms with van der Waals surface area (Å²) in [7, 11) is 0. The Hall–Kier alpha value is -0.0800. The molecule has 0 spiro atoms. The molecule has 1 rings (SSSR count). The van der Waals surface area contributed by atoms with Crippen molar-refractivity contribution in [2.45, 2.75) is 12.5 Å². The fourth-order valence-electron chi connectivity index (χ4n) is 0.824. The summed E-state index contributed by atoms with van der Waals surface area (Å²) in [6.45, 7) is 1.35. The first-order chi connectivity index (χ1) is 4.67. The molecule has 1 aliphatic carbocycles. The summed E-state index contributed by atoms with van der Waals surface area (Å²) in [5, 5.41) is 18.1. The first-order valence-corrected chi connectivity index (χ1v) is 3.22. The highest BCUT2D eigenvalue weighted by Crippen LogP contribution is 2.32. The molecule has 0 aromatic rings. The van der Waals surface area contributed by atoms with Crippen molar-refractivity contribution in [3.8, 4) is 0 Å². The molecule has 0 bridgehead atoms. The molecule has 0 aromatic heterocycles. The fourth-order valence-corrected chi connectivity index (χ4v) is 0.824. The van der Waals surface area contributed by atoms with E-state index in [0.29, 0.717) is 0 Å². The van der Waals surface area contributed by atoms with Gasteiger partial charge in [0.25, 0.3) is 0 Å². The average Bonchev–Trinajstić information content (AvgIpc) is 2.38. The maximum absolute atomic E-state index is 9.43. The first kappa shape index (κ1) is 8.02. The van der Waals surface area contributed by atoms with E-state index in [1.807, 2.05) is 12.8 Å². The van der Waals surface area contributed by atoms with E-state index in [1.165, 1.54) is 0 Å². The molecule has 1 fully saturated rings. The van der Waals surface area contributed by atoms with Crippen LogP contribution in [0.5, 0.6) is 0 Å². The second-order valence-electron chi connectivity index (χ2n) is 2.61. The topological polar surface area (TPSA) is 40.5 Å². The van der Waals surface area contributed by atoms with Gasteiger partial charge in [-0.25, -0.2) is 0 Å². The van der Waals surface area contributed by atoms with Gasteiger partial charge < -0.3 is 10.2 Å². The SMILES string of the molecule is C[C@](O)(CO)[C]1[CH][CH][CH][CH]1. The molecule has 5 radical (unpaired) electrons. The minimum absolute atomic E-state index is 0.239. The van der Waals surface area contributed by atoms with Crippen LogP contribution < -0.4 is 0 Å². The Morgan fingerprint density at radius 1 is 1.40 bits per heavy atom. The van der Waals surface area contributed by atoms with E-state index in [2.05, 4.69) is 0 Å². The minimum atomic E-state index is -1.08. The second kappa shape index (κ2) is 2.89. The van der Waals surface area contributed by atoms with Crippen LogP contribution in [0.4, 0.5) is 0 Å². The van der Waals surface area contributed by atoms with Gasteiger partial charge in [-0.1, -0.05) is 0 Å². The molecule has 1 atom stereocenters. The molecule has 1 aliphatic rings. The van der Waals surface area contributed by atoms with Crippen LogP contribution in [0.2, 0.25) is 0 Å². The zero-order valence-corrected chi connectivity index (χ0v) is 5.91. The van der Waals surface area contributed by atoms with E-state index in [9.17, 15) is 5.11 Å². The third kappa shape index (κ3) is 1.50. The Morgan fingerprint density at radius 2 is 1.90 bits per heavy atom. The van der Waals surface area contributed by atoms with Crippen LogP contribution >= 0.6 is 0 Å². The summed E-state index contributed by atoms with van der Waals surface area (Å²) >= 11 is 0. The van der Waals surface area contributed by atoms with Crippen molar-refractivity contribution in [3.05, 3.63) is 31.6 Å². The van der Waals surface area contributed by atoms with Crippen LogP contribution in [0.25, 0.3) is 0 Å². The maximum Gasteiger partial charge on any atom is 0.0917 e. The quantitative estimate of drug-likeness (QED) is 0.571. The van der Waals surface area contributed by atoms with E-state index in [1.54, 1.807) is 19.8 Å². The van der Waals surface area contributed by atoms with Crippen molar-refractivity contribution in [1.82, 2.24) is 0 Å². The van der Waals surface area contributed by atoms with Crippen molar-refractivity contribution >= 4 is 0 Å². The summed E-state index contributed by atoms with van der Waals surface area (Å²) in [5.74, 6) is 0.759. The molecule has 55 valence electrons. The van der Waals surface area contributed by atoms with Gasteiger partial charge in [0.05, 0.1) is 12.2 Å². The molecule has 0 aliphatic heterocycles. The molecule has 2 nitrogen and oxygen atoms in total. The van der Waals surface area contributed by atoms with E-state index in [4.69, 9.17) is 5.11 Å². The van der Waals surface area contributed by atoms with Crippen LogP contribution in [0.15, 0.2) is 0 Å². The van der Waals surface area contributed by atoms with Crippen LogP contribution in [-0.4, -0.2) is 22.4 Å². The van der Waals surface area contributed by atoms with Gasteiger partial charge in [0, 0.05) is 5.92 Å². The monoisotopic (exact) mass is 139 g/mol. The zero-order valence-electron chi connectivity index (χ0n) is 5.91. The number of rotatable bonds is 2. The molecule has 0 amide bonds. The van der Waals surface area contributed by atoms with Gasteiger partial charge in [-0.05, 0) is 32.6 Å². The van der Waals surface area contributed by atoms with Crippen LogP contribution in [0.1, 0.15) is 6.92 Å². The van der Waals surface area contributed by atoms with Crippen molar-refractivity contribution in [2.24, 2.45) is 0 Å². The van der Waals surface area contributed by atoms with Crippen molar-refractivity contribution in [1.29, 1.82) is 0 Å². The lowest BCUT2D eigenvalue weighted by Crippen LogP contribution is -2.35. The molecule has 10 heavy (non-hydrogen) atoms. The Labute approximate surface area is 61.9 Å². The fraction of sp³-hybridized carbons (Fsp3) is 0.375. The lowest BCUT2D eigenvalue weighted by molar-refractivity contribution is 0.0210. The maximum atomic E-state index is 9.43. The van der Waals surface area contributed by atoms with Crippen LogP contribution in [0.3, 0.4) is 0 Å². The number of aliphatic hydroxyl groups excluding tert-OH is 1. The largest absolute Gasteiger partial charge is 0.393 e. The van der Waals surface area contributed by atoms with Gasteiger partial charge in [0.15, 0.2) is 0 Å². The summed E-state index contributed by atoms with van der Waals surface area (Å²) < 4.78 is 0. The van der Waals surface area contributed by atoms with Gasteiger partial charge in [0.1, 0.15) is 0 Å². The number of hydrogen-bond donors (Lipinski definition) is 2. The lowest BCUT2D eigenvalue weighted by Gasteiger charge is -2.26. The van der Waals surface area contributed by atoms with E-state index in [0.717, 1.165) is 5.92 Å². The Kier molecular flexibility index (Phi) is 2.32. The normalized spacial score (nSPS) is 26.7. The lowest BCUT2D eigenvalue weighted by atomic mass is 9.89. The molecule has 1 saturated carbocycles. The summed E-state index contributed by atoms with van der Waals surface area (Å²) in [4.78, 5) is 0. The third-order valence-electron chi connectivity index (χ3n) is 1.59. The van der Waals surface area contributed by atoms with E-state index < -0.39 is 5.60 Å². The molecule has 0 heterocycles. The molecule has 2 N–H and O–H groups in total. The molecular formula is C8H11O2. The highest BCUT2D eigenvalue weighted by atomic mass is 16.3. The van der Waals surface area contributed by atoms with Gasteiger partial charge in [-0.2, -0.15) is 0 Å². The van der Waals surface area contributed by atoms with Crippen molar-refractivity contribution in [2.75, 3.05) is 6.61 Å². The zero-order chi connectivity index (χ0) is 7.61. The van der Waals surface area contributed by atoms with Crippen LogP contribution in [0, 0.1) is 31.6 Å². The highest BCUT2D eigenvalue weighted by molar-refractivity contribution is 5.40. The molecule has 0 aromatic carbocycles. The second-order valence-corrected chi connectivity index (χ2v) is 2.61.